The van der Waals surface area contributed by atoms with Crippen molar-refractivity contribution in [2.45, 2.75) is 18.6 Å². The van der Waals surface area contributed by atoms with Crippen LogP contribution in [0.3, 0.4) is 0 Å². The summed E-state index contributed by atoms with van der Waals surface area (Å²) in [6, 6.07) is 7.21. The minimum atomic E-state index is -0.160. The van der Waals surface area contributed by atoms with E-state index >= 15 is 0 Å². The first-order valence-corrected chi connectivity index (χ1v) is 8.24. The van der Waals surface area contributed by atoms with Gasteiger partial charge in [-0.2, -0.15) is 4.98 Å². The molecule has 1 amide bonds. The highest BCUT2D eigenvalue weighted by molar-refractivity contribution is 7.98. The second-order valence-corrected chi connectivity index (χ2v) is 5.76. The van der Waals surface area contributed by atoms with Crippen molar-refractivity contribution in [1.82, 2.24) is 14.8 Å². The van der Waals surface area contributed by atoms with Crippen LogP contribution < -0.4 is 15.4 Å². The van der Waals surface area contributed by atoms with Crippen molar-refractivity contribution < 1.29 is 9.53 Å². The van der Waals surface area contributed by atoms with Crippen LogP contribution in [0, 0.1) is 0 Å². The topological polar surface area (TPSA) is 81.1 Å². The molecule has 1 aliphatic heterocycles. The van der Waals surface area contributed by atoms with Crippen molar-refractivity contribution in [1.29, 1.82) is 0 Å². The van der Waals surface area contributed by atoms with Crippen LogP contribution in [0.5, 0.6) is 5.75 Å². The van der Waals surface area contributed by atoms with Crippen molar-refractivity contribution in [3.8, 4) is 5.75 Å². The molecule has 1 aromatic carbocycles. The van der Waals surface area contributed by atoms with Crippen molar-refractivity contribution in [2.24, 2.45) is 0 Å². The molecule has 23 heavy (non-hydrogen) atoms. The molecular formula is C15H17N5O2S. The Morgan fingerprint density at radius 3 is 2.78 bits per heavy atom. The molecule has 2 heterocycles. The second-order valence-electron chi connectivity index (χ2n) is 4.99. The van der Waals surface area contributed by atoms with E-state index in [2.05, 4.69) is 20.7 Å². The molecule has 0 bridgehead atoms. The Balaban J connectivity index is 1.75. The molecule has 1 aromatic heterocycles. The minimum absolute atomic E-state index is 0.160. The molecule has 8 heteroatoms. The zero-order valence-corrected chi connectivity index (χ0v) is 13.9. The summed E-state index contributed by atoms with van der Waals surface area (Å²) >= 11 is 1.47. The number of allylic oxidation sites excluding steroid dienone is 1. The monoisotopic (exact) mass is 331 g/mol. The minimum Gasteiger partial charge on any atom is -0.497 e. The summed E-state index contributed by atoms with van der Waals surface area (Å²) in [6.45, 7) is 2.25. The highest BCUT2D eigenvalue weighted by atomic mass is 32.2. The smallest absolute Gasteiger partial charge is 0.255 e. The molecule has 0 saturated heterocycles. The van der Waals surface area contributed by atoms with Crippen LogP contribution in [0.1, 0.15) is 6.92 Å². The Morgan fingerprint density at radius 2 is 2.13 bits per heavy atom. The number of nitrogens with one attached hydrogen (secondary N) is 2. The maximum Gasteiger partial charge on any atom is 0.255 e. The number of aromatic nitrogens is 3. The van der Waals surface area contributed by atoms with Crippen LogP contribution in [0.2, 0.25) is 0 Å². The van der Waals surface area contributed by atoms with E-state index in [1.807, 2.05) is 13.2 Å². The summed E-state index contributed by atoms with van der Waals surface area (Å²) in [5.41, 5.74) is 2.12. The Hall–Kier alpha value is -2.48. The van der Waals surface area contributed by atoms with Gasteiger partial charge < -0.3 is 15.4 Å². The quantitative estimate of drug-likeness (QED) is 0.837. The van der Waals surface area contributed by atoms with Crippen molar-refractivity contribution >= 4 is 29.3 Å². The van der Waals surface area contributed by atoms with Crippen molar-refractivity contribution in [2.75, 3.05) is 24.0 Å². The average molecular weight is 331 g/mol. The molecular weight excluding hydrogens is 314 g/mol. The van der Waals surface area contributed by atoms with Crippen LogP contribution in [-0.2, 0) is 11.3 Å². The molecule has 1 aliphatic rings. The highest BCUT2D eigenvalue weighted by Crippen LogP contribution is 2.23. The number of benzene rings is 1. The fourth-order valence-electron chi connectivity index (χ4n) is 2.24. The summed E-state index contributed by atoms with van der Waals surface area (Å²) < 4.78 is 6.80. The van der Waals surface area contributed by atoms with E-state index in [0.717, 1.165) is 11.4 Å². The van der Waals surface area contributed by atoms with Gasteiger partial charge in [0.1, 0.15) is 5.75 Å². The largest absolute Gasteiger partial charge is 0.497 e. The van der Waals surface area contributed by atoms with Gasteiger partial charge in [-0.3, -0.25) is 4.79 Å². The molecule has 0 unspecified atom stereocenters. The number of hydrogen-bond donors (Lipinski definition) is 2. The lowest BCUT2D eigenvalue weighted by atomic mass is 10.1. The lowest BCUT2D eigenvalue weighted by molar-refractivity contribution is -0.113. The summed E-state index contributed by atoms with van der Waals surface area (Å²) in [4.78, 5) is 16.9. The van der Waals surface area contributed by atoms with Gasteiger partial charge >= 0.3 is 0 Å². The number of anilines is 2. The predicted molar refractivity (Wildman–Crippen MR) is 89.7 cm³/mol. The summed E-state index contributed by atoms with van der Waals surface area (Å²) in [5.74, 6) is 1.24. The predicted octanol–water partition coefficient (Wildman–Crippen LogP) is 2.35. The Kier molecular flexibility index (Phi) is 4.24. The first-order chi connectivity index (χ1) is 11.1. The molecule has 3 rings (SSSR count). The number of amides is 1. The number of fused-ring (bicyclic) bond motifs is 1. The number of thioether (sulfide) groups is 1. The van der Waals surface area contributed by atoms with Gasteiger partial charge in [0.25, 0.3) is 5.91 Å². The van der Waals surface area contributed by atoms with Crippen molar-refractivity contribution in [3.63, 3.8) is 0 Å². The SMILES string of the molecule is COc1ccc(NC(=O)C2=C(C)Nc3nc(SC)nn3C2)cc1. The molecule has 0 spiro atoms. The van der Waals surface area contributed by atoms with Crippen LogP contribution in [0.15, 0.2) is 40.7 Å². The Labute approximate surface area is 138 Å². The van der Waals surface area contributed by atoms with E-state index < -0.39 is 0 Å². The van der Waals surface area contributed by atoms with E-state index in [-0.39, 0.29) is 5.91 Å². The molecule has 0 radical (unpaired) electrons. The van der Waals surface area contributed by atoms with E-state index in [0.29, 0.717) is 28.9 Å². The zero-order valence-electron chi connectivity index (χ0n) is 13.1. The molecule has 2 aromatic rings. The van der Waals surface area contributed by atoms with Gasteiger partial charge in [0.05, 0.1) is 19.2 Å². The van der Waals surface area contributed by atoms with Crippen LogP contribution in [-0.4, -0.2) is 34.0 Å². The van der Waals surface area contributed by atoms with E-state index in [9.17, 15) is 4.79 Å². The normalized spacial score (nSPS) is 13.3. The first kappa shape index (κ1) is 15.4. The zero-order chi connectivity index (χ0) is 16.4. The molecule has 2 N–H and O–H groups in total. The number of hydrogen-bond acceptors (Lipinski definition) is 6. The molecule has 7 nitrogen and oxygen atoms in total. The Morgan fingerprint density at radius 1 is 1.39 bits per heavy atom. The van der Waals surface area contributed by atoms with Gasteiger partial charge in [-0.15, -0.1) is 5.10 Å². The van der Waals surface area contributed by atoms with E-state index in [1.165, 1.54) is 11.8 Å². The highest BCUT2D eigenvalue weighted by Gasteiger charge is 2.23. The van der Waals surface area contributed by atoms with Gasteiger partial charge in [-0.1, -0.05) is 11.8 Å². The maximum atomic E-state index is 12.5. The lowest BCUT2D eigenvalue weighted by Crippen LogP contribution is -2.26. The first-order valence-electron chi connectivity index (χ1n) is 7.01. The van der Waals surface area contributed by atoms with E-state index in [1.54, 1.807) is 36.1 Å². The molecule has 0 aliphatic carbocycles. The van der Waals surface area contributed by atoms with Gasteiger partial charge in [-0.05, 0) is 37.4 Å². The number of nitrogens with zero attached hydrogens (tertiary/aromatic N) is 3. The number of methoxy groups -OCH3 is 1. The standard InChI is InChI=1S/C15H17N5O2S/c1-9-12(8-20-14(16-9)18-15(19-20)23-3)13(21)17-10-4-6-11(22-2)7-5-10/h4-7H,8H2,1-3H3,(H,17,21)(H,16,18,19). The van der Waals surface area contributed by atoms with Crippen LogP contribution in [0.25, 0.3) is 0 Å². The lowest BCUT2D eigenvalue weighted by Gasteiger charge is -2.19. The number of ether oxygens (including phenoxy) is 1. The summed E-state index contributed by atoms with van der Waals surface area (Å²) in [7, 11) is 1.61. The molecule has 0 saturated carbocycles. The average Bonchev–Trinajstić information content (AvgIpc) is 2.96. The van der Waals surface area contributed by atoms with Gasteiger partial charge in [-0.25, -0.2) is 4.68 Å². The number of rotatable bonds is 4. The fourth-order valence-corrected chi connectivity index (χ4v) is 2.60. The number of carbonyl (C=O) groups is 1. The third-order valence-corrected chi connectivity index (χ3v) is 4.05. The Bertz CT molecular complexity index is 767. The van der Waals surface area contributed by atoms with Crippen LogP contribution in [0.4, 0.5) is 11.6 Å². The fraction of sp³-hybridized carbons (Fsp3) is 0.267. The van der Waals surface area contributed by atoms with E-state index in [4.69, 9.17) is 4.74 Å². The van der Waals surface area contributed by atoms with Crippen molar-refractivity contribution in [3.05, 3.63) is 35.5 Å². The van der Waals surface area contributed by atoms with Gasteiger partial charge in [0, 0.05) is 11.4 Å². The molecule has 0 atom stereocenters. The maximum absolute atomic E-state index is 12.5. The van der Waals surface area contributed by atoms with Gasteiger partial charge in [0.15, 0.2) is 0 Å². The molecule has 0 fully saturated rings. The van der Waals surface area contributed by atoms with Gasteiger partial charge in [0.2, 0.25) is 11.1 Å². The molecule has 120 valence electrons. The third-order valence-electron chi connectivity index (χ3n) is 3.52. The summed E-state index contributed by atoms with van der Waals surface area (Å²) in [6.07, 6.45) is 1.92. The summed E-state index contributed by atoms with van der Waals surface area (Å²) in [5, 5.41) is 11.0. The second kappa shape index (κ2) is 6.33. The number of carbonyl (C=O) groups excluding carboxylic acids is 1. The third kappa shape index (κ3) is 3.16. The van der Waals surface area contributed by atoms with Crippen LogP contribution >= 0.6 is 11.8 Å².